The molecule has 0 atom stereocenters. The Hall–Kier alpha value is -1.06. The van der Waals surface area contributed by atoms with E-state index in [-0.39, 0.29) is 12.4 Å². The van der Waals surface area contributed by atoms with E-state index in [1.54, 1.807) is 12.5 Å². The molecule has 3 nitrogen and oxygen atoms in total. The summed E-state index contributed by atoms with van der Waals surface area (Å²) in [6, 6.07) is 4.01. The van der Waals surface area contributed by atoms with Gasteiger partial charge in [0.1, 0.15) is 0 Å². The van der Waals surface area contributed by atoms with Crippen LogP contribution in [0.2, 0.25) is 0 Å². The van der Waals surface area contributed by atoms with Crippen LogP contribution < -0.4 is 5.73 Å². The third-order valence-corrected chi connectivity index (χ3v) is 1.69. The molecule has 0 aromatic carbocycles. The first-order valence-electron chi connectivity index (χ1n) is 3.51. The monoisotopic (exact) mass is 183 g/mol. The Balaban J connectivity index is 0.000000720. The van der Waals surface area contributed by atoms with E-state index in [1.807, 2.05) is 16.7 Å². The summed E-state index contributed by atoms with van der Waals surface area (Å²) in [7, 11) is 0. The van der Waals surface area contributed by atoms with Crippen molar-refractivity contribution in [1.29, 1.82) is 0 Å². The molecule has 0 amide bonds. The average Bonchev–Trinajstić information content (AvgIpc) is 2.46. The van der Waals surface area contributed by atoms with E-state index >= 15 is 0 Å². The van der Waals surface area contributed by atoms with Crippen molar-refractivity contribution < 1.29 is 0 Å². The Morgan fingerprint density at radius 1 is 1.50 bits per heavy atom. The Morgan fingerprint density at radius 2 is 2.33 bits per heavy atom. The second-order valence-electron chi connectivity index (χ2n) is 2.46. The quantitative estimate of drug-likeness (QED) is 0.723. The lowest BCUT2D eigenvalue weighted by atomic mass is 10.3. The van der Waals surface area contributed by atoms with Crippen LogP contribution >= 0.6 is 12.4 Å². The van der Waals surface area contributed by atoms with Crippen LogP contribution in [0, 0.1) is 0 Å². The van der Waals surface area contributed by atoms with Crippen molar-refractivity contribution in [2.24, 2.45) is 5.73 Å². The summed E-state index contributed by atoms with van der Waals surface area (Å²) in [5, 5.41) is 0. The Bertz CT molecular complexity index is 336. The van der Waals surface area contributed by atoms with Crippen LogP contribution in [0.1, 0.15) is 5.56 Å². The number of hydrogen-bond acceptors (Lipinski definition) is 2. The summed E-state index contributed by atoms with van der Waals surface area (Å²) in [4.78, 5) is 3.98. The first-order valence-corrected chi connectivity index (χ1v) is 3.51. The molecule has 4 heteroatoms. The fraction of sp³-hybridized carbons (Fsp3) is 0.125. The smallest absolute Gasteiger partial charge is 0.0990 e. The summed E-state index contributed by atoms with van der Waals surface area (Å²) in [6.45, 7) is 0.585. The van der Waals surface area contributed by atoms with Gasteiger partial charge in [0.25, 0.3) is 0 Å². The Kier molecular flexibility index (Phi) is 2.68. The molecule has 2 aromatic heterocycles. The normalized spacial score (nSPS) is 9.75. The number of hydrogen-bond donors (Lipinski definition) is 1. The molecule has 0 saturated heterocycles. The number of halogens is 1. The lowest BCUT2D eigenvalue weighted by Crippen LogP contribution is -1.92. The number of fused-ring (bicyclic) bond motifs is 1. The van der Waals surface area contributed by atoms with Gasteiger partial charge >= 0.3 is 0 Å². The highest BCUT2D eigenvalue weighted by Crippen LogP contribution is 2.06. The summed E-state index contributed by atoms with van der Waals surface area (Å²) in [5.41, 5.74) is 7.76. The molecular formula is C8H10ClN3. The van der Waals surface area contributed by atoms with E-state index in [9.17, 15) is 0 Å². The molecule has 2 heterocycles. The second-order valence-corrected chi connectivity index (χ2v) is 2.46. The molecule has 2 N–H and O–H groups in total. The zero-order valence-electron chi connectivity index (χ0n) is 6.47. The second kappa shape index (κ2) is 3.56. The molecule has 2 rings (SSSR count). The predicted molar refractivity (Wildman–Crippen MR) is 50.3 cm³/mol. The fourth-order valence-electron chi connectivity index (χ4n) is 1.13. The van der Waals surface area contributed by atoms with Crippen molar-refractivity contribution in [1.82, 2.24) is 9.38 Å². The highest BCUT2D eigenvalue weighted by Gasteiger charge is 1.94. The van der Waals surface area contributed by atoms with Gasteiger partial charge in [-0.15, -0.1) is 12.4 Å². The van der Waals surface area contributed by atoms with Gasteiger partial charge in [-0.3, -0.25) is 0 Å². The minimum Gasteiger partial charge on any atom is -0.326 e. The van der Waals surface area contributed by atoms with E-state index in [0.717, 1.165) is 11.1 Å². The standard InChI is InChI=1S/C8H9N3.ClH/c9-4-7-3-8-1-2-10-6-11(8)5-7;/h1-3,5-6H,4,9H2;1H. The van der Waals surface area contributed by atoms with Gasteiger partial charge in [-0.05, 0) is 17.7 Å². The Morgan fingerprint density at radius 3 is 3.00 bits per heavy atom. The number of nitrogens with two attached hydrogens (primary N) is 1. The van der Waals surface area contributed by atoms with Gasteiger partial charge in [0, 0.05) is 24.5 Å². The fourth-order valence-corrected chi connectivity index (χ4v) is 1.13. The molecule has 2 aromatic rings. The van der Waals surface area contributed by atoms with Crippen LogP contribution in [0.3, 0.4) is 0 Å². The van der Waals surface area contributed by atoms with E-state index in [0.29, 0.717) is 6.54 Å². The largest absolute Gasteiger partial charge is 0.326 e. The minimum atomic E-state index is 0. The Labute approximate surface area is 76.6 Å². The van der Waals surface area contributed by atoms with Crippen molar-refractivity contribution in [2.75, 3.05) is 0 Å². The lowest BCUT2D eigenvalue weighted by molar-refractivity contribution is 1.04. The molecule has 0 spiro atoms. The van der Waals surface area contributed by atoms with Crippen LogP contribution in [0.15, 0.2) is 30.9 Å². The molecule has 12 heavy (non-hydrogen) atoms. The third kappa shape index (κ3) is 1.42. The van der Waals surface area contributed by atoms with Crippen molar-refractivity contribution in [3.63, 3.8) is 0 Å². The molecule has 0 fully saturated rings. The zero-order valence-corrected chi connectivity index (χ0v) is 7.29. The van der Waals surface area contributed by atoms with E-state index in [1.165, 1.54) is 0 Å². The van der Waals surface area contributed by atoms with E-state index in [2.05, 4.69) is 11.1 Å². The van der Waals surface area contributed by atoms with Gasteiger partial charge in [-0.25, -0.2) is 4.98 Å². The number of rotatable bonds is 1. The van der Waals surface area contributed by atoms with Crippen molar-refractivity contribution in [3.05, 3.63) is 36.4 Å². The van der Waals surface area contributed by atoms with Crippen LogP contribution in [0.25, 0.3) is 5.52 Å². The number of aromatic nitrogens is 2. The topological polar surface area (TPSA) is 43.3 Å². The average molecular weight is 184 g/mol. The van der Waals surface area contributed by atoms with Gasteiger partial charge in [0.15, 0.2) is 0 Å². The minimum absolute atomic E-state index is 0. The maximum absolute atomic E-state index is 5.48. The van der Waals surface area contributed by atoms with Crippen LogP contribution in [-0.2, 0) is 6.54 Å². The lowest BCUT2D eigenvalue weighted by Gasteiger charge is -1.88. The molecule has 0 unspecified atom stereocenters. The van der Waals surface area contributed by atoms with Gasteiger partial charge in [-0.1, -0.05) is 0 Å². The van der Waals surface area contributed by atoms with Crippen LogP contribution in [0.4, 0.5) is 0 Å². The van der Waals surface area contributed by atoms with Gasteiger partial charge in [-0.2, -0.15) is 0 Å². The SMILES string of the molecule is Cl.NCc1cc2ccncn2c1. The van der Waals surface area contributed by atoms with Crippen LogP contribution in [0.5, 0.6) is 0 Å². The van der Waals surface area contributed by atoms with Gasteiger partial charge < -0.3 is 10.1 Å². The molecule has 0 bridgehead atoms. The van der Waals surface area contributed by atoms with Crippen molar-refractivity contribution >= 4 is 17.9 Å². The highest BCUT2D eigenvalue weighted by atomic mass is 35.5. The van der Waals surface area contributed by atoms with E-state index in [4.69, 9.17) is 5.73 Å². The highest BCUT2D eigenvalue weighted by molar-refractivity contribution is 5.85. The summed E-state index contributed by atoms with van der Waals surface area (Å²) >= 11 is 0. The van der Waals surface area contributed by atoms with E-state index < -0.39 is 0 Å². The molecule has 0 aliphatic rings. The third-order valence-electron chi connectivity index (χ3n) is 1.69. The summed E-state index contributed by atoms with van der Waals surface area (Å²) in [6.07, 6.45) is 5.53. The zero-order chi connectivity index (χ0) is 7.68. The molecule has 0 saturated carbocycles. The molecular weight excluding hydrogens is 174 g/mol. The number of nitrogens with zero attached hydrogens (tertiary/aromatic N) is 2. The molecule has 0 radical (unpaired) electrons. The first-order chi connectivity index (χ1) is 5.40. The predicted octanol–water partition coefficient (Wildman–Crippen LogP) is 1.21. The maximum Gasteiger partial charge on any atom is 0.0990 e. The maximum atomic E-state index is 5.48. The van der Waals surface area contributed by atoms with Gasteiger partial charge in [0.05, 0.1) is 6.33 Å². The molecule has 64 valence electrons. The van der Waals surface area contributed by atoms with Gasteiger partial charge in [0.2, 0.25) is 0 Å². The molecule has 0 aliphatic carbocycles. The van der Waals surface area contributed by atoms with Crippen molar-refractivity contribution in [3.8, 4) is 0 Å². The summed E-state index contributed by atoms with van der Waals surface area (Å²) < 4.78 is 1.96. The summed E-state index contributed by atoms with van der Waals surface area (Å²) in [5.74, 6) is 0. The first kappa shape index (κ1) is 9.03. The van der Waals surface area contributed by atoms with Crippen LogP contribution in [-0.4, -0.2) is 9.38 Å². The van der Waals surface area contributed by atoms with Crippen molar-refractivity contribution in [2.45, 2.75) is 6.54 Å². The molecule has 0 aliphatic heterocycles.